The maximum atomic E-state index is 13.6. The minimum atomic E-state index is -4.78. The third-order valence-electron chi connectivity index (χ3n) is 9.58. The van der Waals surface area contributed by atoms with Gasteiger partial charge < -0.3 is 39.6 Å². The molecule has 1 spiro atoms. The lowest BCUT2D eigenvalue weighted by Crippen LogP contribution is -2.33. The zero-order chi connectivity index (χ0) is 32.3. The van der Waals surface area contributed by atoms with E-state index >= 15 is 0 Å². The molecule has 0 radical (unpaired) electrons. The van der Waals surface area contributed by atoms with Crippen LogP contribution in [-0.2, 0) is 39.2 Å². The van der Waals surface area contributed by atoms with Gasteiger partial charge in [-0.2, -0.15) is 9.67 Å². The summed E-state index contributed by atoms with van der Waals surface area (Å²) in [5.41, 5.74) is 11.1. The highest BCUT2D eigenvalue weighted by atomic mass is 32.5. The van der Waals surface area contributed by atoms with E-state index in [2.05, 4.69) is 35.2 Å². The summed E-state index contributed by atoms with van der Waals surface area (Å²) in [4.78, 5) is 54.0. The first kappa shape index (κ1) is 30.4. The molecule has 4 aromatic rings. The molecule has 2 unspecified atom stereocenters. The van der Waals surface area contributed by atoms with Crippen LogP contribution < -0.4 is 17.0 Å². The predicted octanol–water partition coefficient (Wildman–Crippen LogP) is 0.384. The van der Waals surface area contributed by atoms with Crippen LogP contribution in [0.4, 0.5) is 11.8 Å². The summed E-state index contributed by atoms with van der Waals surface area (Å²) in [6.45, 7) is -0.810. The summed E-state index contributed by atoms with van der Waals surface area (Å²) in [7, 11) is -4.78. The number of phosphoric acid groups is 1. The number of nitrogens with two attached hydrogens (primary N) is 2. The number of ether oxygens (including phenoxy) is 1. The number of imidazole rings is 1. The van der Waals surface area contributed by atoms with Crippen molar-refractivity contribution >= 4 is 60.4 Å². The molecule has 6 heterocycles. The van der Waals surface area contributed by atoms with E-state index in [4.69, 9.17) is 46.1 Å². The fourth-order valence-electron chi connectivity index (χ4n) is 7.34. The Kier molecular flexibility index (Phi) is 6.78. The molecule has 8 rings (SSSR count). The van der Waals surface area contributed by atoms with Gasteiger partial charge in [0.2, 0.25) is 5.95 Å². The van der Waals surface area contributed by atoms with Gasteiger partial charge in [0, 0.05) is 23.3 Å². The number of aromatic amines is 1. The van der Waals surface area contributed by atoms with Gasteiger partial charge in [0.25, 0.3) is 5.56 Å². The zero-order valence-corrected chi connectivity index (χ0v) is 26.8. The van der Waals surface area contributed by atoms with Gasteiger partial charge in [-0.3, -0.25) is 18.8 Å². The highest BCUT2D eigenvalue weighted by Crippen LogP contribution is 2.73. The van der Waals surface area contributed by atoms with Crippen molar-refractivity contribution < 1.29 is 37.2 Å². The molecule has 2 aliphatic carbocycles. The van der Waals surface area contributed by atoms with Crippen molar-refractivity contribution in [2.24, 2.45) is 23.2 Å². The first-order valence-electron chi connectivity index (χ1n) is 14.3. The monoisotopic (exact) mass is 697 g/mol. The van der Waals surface area contributed by atoms with Crippen LogP contribution in [0.15, 0.2) is 17.4 Å². The van der Waals surface area contributed by atoms with Crippen LogP contribution in [0.3, 0.4) is 0 Å². The SMILES string of the molecule is C[C@H]1[C@H]2OP(=O)(O)OC[C@]34C[C@@H]3[C@@H](n3cnc5c(N)ncnc53)[C@H](C)[C@@H]4OP(O)(=S)OC[C@H]1O[C@H]2n1nnc2c(=O)[nH]c(N)nc21. The Labute approximate surface area is 263 Å². The molecule has 0 amide bonds. The van der Waals surface area contributed by atoms with Crippen LogP contribution in [-0.4, -0.2) is 85.8 Å². The minimum Gasteiger partial charge on any atom is -0.382 e. The first-order valence-corrected chi connectivity index (χ1v) is 18.4. The Hall–Kier alpha value is -2.97. The fourth-order valence-corrected chi connectivity index (χ4v) is 9.95. The number of fused-ring (bicyclic) bond motifs is 4. The van der Waals surface area contributed by atoms with Gasteiger partial charge in [-0.05, 0) is 24.1 Å². The molecule has 23 heteroatoms. The van der Waals surface area contributed by atoms with Gasteiger partial charge in [0.05, 0.1) is 31.7 Å². The topological polar surface area (TPSA) is 276 Å². The number of hydrogen-bond donors (Lipinski definition) is 5. The lowest BCUT2D eigenvalue weighted by Gasteiger charge is -2.32. The summed E-state index contributed by atoms with van der Waals surface area (Å²) in [6.07, 6.45) is -0.470. The smallest absolute Gasteiger partial charge is 0.382 e. The molecule has 2 aliphatic heterocycles. The average molecular weight is 698 g/mol. The van der Waals surface area contributed by atoms with Gasteiger partial charge in [-0.25, -0.2) is 19.5 Å². The summed E-state index contributed by atoms with van der Waals surface area (Å²) in [5.74, 6) is -1.03. The number of nitrogens with one attached hydrogen (secondary N) is 1. The maximum absolute atomic E-state index is 13.6. The number of anilines is 2. The molecular formula is C23H29N11O9P2S. The Bertz CT molecular complexity index is 2040. The van der Waals surface area contributed by atoms with E-state index in [1.54, 1.807) is 13.3 Å². The summed E-state index contributed by atoms with van der Waals surface area (Å²) in [5, 5.41) is 7.87. The number of H-pyrrole nitrogens is 1. The van der Waals surface area contributed by atoms with Gasteiger partial charge in [-0.1, -0.05) is 19.1 Å². The molecular weight excluding hydrogens is 668 g/mol. The van der Waals surface area contributed by atoms with E-state index in [1.165, 1.54) is 6.33 Å². The molecule has 4 fully saturated rings. The van der Waals surface area contributed by atoms with Crippen LogP contribution in [0.1, 0.15) is 32.5 Å². The Morgan fingerprint density at radius 2 is 1.91 bits per heavy atom. The van der Waals surface area contributed by atoms with Crippen LogP contribution >= 0.6 is 14.5 Å². The van der Waals surface area contributed by atoms with E-state index in [9.17, 15) is 19.1 Å². The Balaban J connectivity index is 1.14. The van der Waals surface area contributed by atoms with Crippen LogP contribution in [0, 0.1) is 23.2 Å². The van der Waals surface area contributed by atoms with Crippen molar-refractivity contribution in [3.05, 3.63) is 23.0 Å². The van der Waals surface area contributed by atoms with Crippen molar-refractivity contribution in [1.29, 1.82) is 0 Å². The lowest BCUT2D eigenvalue weighted by atomic mass is 9.94. The molecule has 2 saturated carbocycles. The number of aromatic nitrogens is 9. The number of nitrogens with zero attached hydrogens (tertiary/aromatic N) is 8. The molecule has 4 aromatic heterocycles. The average Bonchev–Trinajstić information content (AvgIpc) is 3.26. The largest absolute Gasteiger partial charge is 0.472 e. The quantitative estimate of drug-likeness (QED) is 0.177. The van der Waals surface area contributed by atoms with Gasteiger partial charge >= 0.3 is 14.5 Å². The normalized spacial score (nSPS) is 41.0. The Morgan fingerprint density at radius 3 is 2.72 bits per heavy atom. The molecule has 0 aromatic carbocycles. The van der Waals surface area contributed by atoms with E-state index in [1.807, 2.05) is 11.5 Å². The van der Waals surface area contributed by atoms with Crippen LogP contribution in [0.5, 0.6) is 0 Å². The van der Waals surface area contributed by atoms with Crippen molar-refractivity contribution in [3.63, 3.8) is 0 Å². The number of hydrogen-bond acceptors (Lipinski definition) is 16. The molecule has 2 saturated heterocycles. The second-order valence-corrected chi connectivity index (χ2v) is 16.4. The van der Waals surface area contributed by atoms with Crippen molar-refractivity contribution in [3.8, 4) is 0 Å². The minimum absolute atomic E-state index is 0.0355. The third-order valence-corrected chi connectivity index (χ3v) is 12.1. The number of nitrogen functional groups attached to an aromatic ring is 2. The predicted molar refractivity (Wildman–Crippen MR) is 160 cm³/mol. The first-order chi connectivity index (χ1) is 21.8. The van der Waals surface area contributed by atoms with Crippen molar-refractivity contribution in [2.75, 3.05) is 24.7 Å². The van der Waals surface area contributed by atoms with E-state index in [0.717, 1.165) is 4.68 Å². The second kappa shape index (κ2) is 10.3. The summed E-state index contributed by atoms with van der Waals surface area (Å²) in [6, 6.07) is -0.262. The summed E-state index contributed by atoms with van der Waals surface area (Å²) >= 11 is 5.48. The Morgan fingerprint density at radius 1 is 1.11 bits per heavy atom. The molecule has 20 nitrogen and oxygen atoms in total. The van der Waals surface area contributed by atoms with Crippen LogP contribution in [0.25, 0.3) is 22.3 Å². The molecule has 2 bridgehead atoms. The molecule has 7 N–H and O–H groups in total. The summed E-state index contributed by atoms with van der Waals surface area (Å²) < 4.78 is 46.3. The van der Waals surface area contributed by atoms with Gasteiger partial charge in [0.1, 0.15) is 17.9 Å². The fraction of sp³-hybridized carbons (Fsp3) is 0.609. The lowest BCUT2D eigenvalue weighted by molar-refractivity contribution is -0.0610. The molecule has 46 heavy (non-hydrogen) atoms. The number of phosphoric ester groups is 1. The molecule has 246 valence electrons. The highest BCUT2D eigenvalue weighted by molar-refractivity contribution is 8.07. The highest BCUT2D eigenvalue weighted by Gasteiger charge is 2.72. The van der Waals surface area contributed by atoms with Crippen molar-refractivity contribution in [2.45, 2.75) is 50.8 Å². The van der Waals surface area contributed by atoms with Crippen molar-refractivity contribution in [1.82, 2.24) is 44.5 Å². The second-order valence-electron chi connectivity index (χ2n) is 12.2. The van der Waals surface area contributed by atoms with E-state index < -0.39 is 56.0 Å². The molecule has 4 aliphatic rings. The van der Waals surface area contributed by atoms with E-state index in [0.29, 0.717) is 17.6 Å². The zero-order valence-electron chi connectivity index (χ0n) is 24.2. The van der Waals surface area contributed by atoms with Crippen LogP contribution in [0.2, 0.25) is 0 Å². The molecule has 11 atom stereocenters. The van der Waals surface area contributed by atoms with Gasteiger partial charge in [-0.15, -0.1) is 5.10 Å². The maximum Gasteiger partial charge on any atom is 0.472 e. The third kappa shape index (κ3) is 4.64. The standard InChI is InChI=1S/C23H29N11O9P2S/c1-8-11-4-39-45(38,46)43-16-9(2)14(33-7-28-12-17(24)26-6-27-18(12)33)10-3-23(10,16)5-40-44(36,37)42-15(8)21(41-11)34-19-13(31-32-34)20(35)30-22(25)29-19/h6-11,14-16,21H,3-5H2,1-2H3,(H,36,37)(H,38,46)(H2,24,26,27)(H3,25,29,30,35)/t8-,9+,10-,11-,14+,15-,16+,21-,23-,45?/m1/s1. The number of rotatable bonds is 2. The van der Waals surface area contributed by atoms with Gasteiger partial charge in [0.15, 0.2) is 28.9 Å². The van der Waals surface area contributed by atoms with E-state index in [-0.39, 0.29) is 54.0 Å².